The van der Waals surface area contributed by atoms with Crippen molar-refractivity contribution >= 4 is 11.7 Å². The van der Waals surface area contributed by atoms with Crippen LogP contribution in [0.15, 0.2) is 24.3 Å². The highest BCUT2D eigenvalue weighted by Crippen LogP contribution is 2.19. The molecular weight excluding hydrogens is 242 g/mol. The zero-order valence-corrected chi connectivity index (χ0v) is 11.1. The van der Waals surface area contributed by atoms with Gasteiger partial charge in [-0.2, -0.15) is 0 Å². The van der Waals surface area contributed by atoms with Crippen LogP contribution in [0.4, 0.5) is 0 Å². The van der Waals surface area contributed by atoms with Gasteiger partial charge < -0.3 is 10.1 Å². The first-order valence-electron chi connectivity index (χ1n) is 6.65. The second kappa shape index (κ2) is 6.36. The summed E-state index contributed by atoms with van der Waals surface area (Å²) < 4.78 is 5.04. The molecule has 0 heterocycles. The molecule has 0 saturated heterocycles. The van der Waals surface area contributed by atoms with Gasteiger partial charge in [0.15, 0.2) is 5.78 Å². The zero-order valence-electron chi connectivity index (χ0n) is 11.1. The number of Topliss-reactive ketones (excluding diaryl/α,β-unsaturated/α-hetero) is 1. The van der Waals surface area contributed by atoms with Crippen LogP contribution in [0.3, 0.4) is 0 Å². The molecule has 1 saturated carbocycles. The fourth-order valence-corrected chi connectivity index (χ4v) is 1.86. The number of hydrogen-bond acceptors (Lipinski definition) is 3. The fourth-order valence-electron chi connectivity index (χ4n) is 1.86. The summed E-state index contributed by atoms with van der Waals surface area (Å²) in [6.07, 6.45) is 3.62. The van der Waals surface area contributed by atoms with Gasteiger partial charge >= 0.3 is 0 Å². The molecule has 1 aliphatic carbocycles. The molecule has 1 aliphatic rings. The van der Waals surface area contributed by atoms with Gasteiger partial charge in [0.2, 0.25) is 5.91 Å². The Morgan fingerprint density at radius 3 is 2.47 bits per heavy atom. The third kappa shape index (κ3) is 4.39. The third-order valence-electron chi connectivity index (χ3n) is 3.16. The van der Waals surface area contributed by atoms with E-state index >= 15 is 0 Å². The Hall–Kier alpha value is -1.84. The molecule has 1 N–H and O–H groups in total. The van der Waals surface area contributed by atoms with E-state index in [-0.39, 0.29) is 11.7 Å². The van der Waals surface area contributed by atoms with E-state index in [9.17, 15) is 9.59 Å². The van der Waals surface area contributed by atoms with E-state index in [0.717, 1.165) is 18.6 Å². The van der Waals surface area contributed by atoms with Crippen molar-refractivity contribution in [3.8, 4) is 5.75 Å². The normalized spacial score (nSPS) is 13.9. The molecule has 0 unspecified atom stereocenters. The molecule has 0 aliphatic heterocycles. The van der Waals surface area contributed by atoms with Crippen molar-refractivity contribution in [2.75, 3.05) is 7.11 Å². The zero-order chi connectivity index (χ0) is 13.7. The van der Waals surface area contributed by atoms with Crippen LogP contribution >= 0.6 is 0 Å². The summed E-state index contributed by atoms with van der Waals surface area (Å²) in [4.78, 5) is 23.3. The van der Waals surface area contributed by atoms with Crippen molar-refractivity contribution in [3.05, 3.63) is 29.8 Å². The Kier molecular flexibility index (Phi) is 4.55. The summed E-state index contributed by atoms with van der Waals surface area (Å²) in [5, 5.41) is 2.92. The minimum Gasteiger partial charge on any atom is -0.497 e. The van der Waals surface area contributed by atoms with Crippen LogP contribution < -0.4 is 10.1 Å². The van der Waals surface area contributed by atoms with Crippen molar-refractivity contribution in [2.24, 2.45) is 0 Å². The second-order valence-electron chi connectivity index (χ2n) is 4.85. The third-order valence-corrected chi connectivity index (χ3v) is 3.16. The lowest BCUT2D eigenvalue weighted by molar-refractivity contribution is -0.121. The lowest BCUT2D eigenvalue weighted by Gasteiger charge is -2.04. The number of amides is 1. The van der Waals surface area contributed by atoms with Gasteiger partial charge in [0.25, 0.3) is 0 Å². The van der Waals surface area contributed by atoms with E-state index in [1.807, 2.05) is 0 Å². The average Bonchev–Trinajstić information content (AvgIpc) is 3.22. The summed E-state index contributed by atoms with van der Waals surface area (Å²) in [5.41, 5.74) is 0.670. The minimum absolute atomic E-state index is 0.0602. The molecule has 0 atom stereocenters. The van der Waals surface area contributed by atoms with Crippen LogP contribution in [0.25, 0.3) is 0 Å². The number of carbonyl (C=O) groups excluding carboxylic acids is 2. The van der Waals surface area contributed by atoms with Crippen molar-refractivity contribution in [2.45, 2.75) is 38.1 Å². The lowest BCUT2D eigenvalue weighted by atomic mass is 10.1. The molecule has 1 amide bonds. The SMILES string of the molecule is COc1ccc(C(=O)CCCC(=O)NC2CC2)cc1. The number of methoxy groups -OCH3 is 1. The maximum atomic E-state index is 11.9. The number of ketones is 1. The van der Waals surface area contributed by atoms with Crippen LogP contribution in [0.2, 0.25) is 0 Å². The van der Waals surface area contributed by atoms with Crippen molar-refractivity contribution in [1.29, 1.82) is 0 Å². The molecule has 4 nitrogen and oxygen atoms in total. The highest BCUT2D eigenvalue weighted by atomic mass is 16.5. The van der Waals surface area contributed by atoms with Gasteiger partial charge in [-0.25, -0.2) is 0 Å². The topological polar surface area (TPSA) is 55.4 Å². The van der Waals surface area contributed by atoms with Crippen LogP contribution in [0.1, 0.15) is 42.5 Å². The van der Waals surface area contributed by atoms with E-state index in [0.29, 0.717) is 30.9 Å². The summed E-state index contributed by atoms with van der Waals surface area (Å²) in [6, 6.07) is 7.45. The molecule has 102 valence electrons. The lowest BCUT2D eigenvalue weighted by Crippen LogP contribution is -2.25. The number of rotatable bonds is 7. The first-order valence-corrected chi connectivity index (χ1v) is 6.65. The average molecular weight is 261 g/mol. The van der Waals surface area contributed by atoms with Crippen molar-refractivity contribution in [1.82, 2.24) is 5.32 Å². The monoisotopic (exact) mass is 261 g/mol. The van der Waals surface area contributed by atoms with E-state index < -0.39 is 0 Å². The highest BCUT2D eigenvalue weighted by Gasteiger charge is 2.22. The molecule has 19 heavy (non-hydrogen) atoms. The second-order valence-corrected chi connectivity index (χ2v) is 4.85. The fraction of sp³-hybridized carbons (Fsp3) is 0.467. The Labute approximate surface area is 113 Å². The maximum absolute atomic E-state index is 11.9. The highest BCUT2D eigenvalue weighted by molar-refractivity contribution is 5.96. The largest absolute Gasteiger partial charge is 0.497 e. The molecule has 0 aromatic heterocycles. The van der Waals surface area contributed by atoms with Gasteiger partial charge in [-0.05, 0) is 43.5 Å². The van der Waals surface area contributed by atoms with Crippen molar-refractivity contribution in [3.63, 3.8) is 0 Å². The molecule has 1 aromatic carbocycles. The summed E-state index contributed by atoms with van der Waals surface area (Å²) >= 11 is 0. The predicted octanol–water partition coefficient (Wildman–Crippen LogP) is 2.33. The Balaban J connectivity index is 1.71. The van der Waals surface area contributed by atoms with Crippen molar-refractivity contribution < 1.29 is 14.3 Å². The quantitative estimate of drug-likeness (QED) is 0.766. The van der Waals surface area contributed by atoms with Gasteiger partial charge in [-0.15, -0.1) is 0 Å². The Morgan fingerprint density at radius 1 is 1.21 bits per heavy atom. The summed E-state index contributed by atoms with van der Waals surface area (Å²) in [7, 11) is 1.59. The van der Waals surface area contributed by atoms with Gasteiger partial charge in [-0.3, -0.25) is 9.59 Å². The standard InChI is InChI=1S/C15H19NO3/c1-19-13-9-5-11(6-10-13)14(17)3-2-4-15(18)16-12-7-8-12/h5-6,9-10,12H,2-4,7-8H2,1H3,(H,16,18). The number of benzene rings is 1. The Morgan fingerprint density at radius 2 is 1.89 bits per heavy atom. The van der Waals surface area contributed by atoms with Gasteiger partial charge in [0, 0.05) is 24.4 Å². The summed E-state index contributed by atoms with van der Waals surface area (Å²) in [6.45, 7) is 0. The molecule has 1 aromatic rings. The Bertz CT molecular complexity index is 449. The van der Waals surface area contributed by atoms with Gasteiger partial charge in [-0.1, -0.05) is 0 Å². The van der Waals surface area contributed by atoms with E-state index in [1.165, 1.54) is 0 Å². The molecule has 1 fully saturated rings. The van der Waals surface area contributed by atoms with E-state index in [4.69, 9.17) is 4.74 Å². The van der Waals surface area contributed by atoms with Crippen LogP contribution in [0.5, 0.6) is 5.75 Å². The molecule has 0 spiro atoms. The number of ether oxygens (including phenoxy) is 1. The van der Waals surface area contributed by atoms with E-state index in [1.54, 1.807) is 31.4 Å². The molecule has 4 heteroatoms. The van der Waals surface area contributed by atoms with Gasteiger partial charge in [0.1, 0.15) is 5.75 Å². The molecule has 0 radical (unpaired) electrons. The van der Waals surface area contributed by atoms with Crippen LogP contribution in [0, 0.1) is 0 Å². The molecular formula is C15H19NO3. The predicted molar refractivity (Wildman–Crippen MR) is 72.3 cm³/mol. The minimum atomic E-state index is 0.0602. The molecule has 0 bridgehead atoms. The smallest absolute Gasteiger partial charge is 0.220 e. The van der Waals surface area contributed by atoms with Crippen LogP contribution in [-0.4, -0.2) is 24.8 Å². The molecule has 2 rings (SSSR count). The number of carbonyl (C=O) groups is 2. The van der Waals surface area contributed by atoms with Crippen LogP contribution in [-0.2, 0) is 4.79 Å². The maximum Gasteiger partial charge on any atom is 0.220 e. The number of hydrogen-bond donors (Lipinski definition) is 1. The summed E-state index contributed by atoms with van der Waals surface area (Å²) in [5.74, 6) is 0.868. The first kappa shape index (κ1) is 13.6. The number of nitrogens with one attached hydrogen (secondary N) is 1. The van der Waals surface area contributed by atoms with E-state index in [2.05, 4.69) is 5.32 Å². The first-order chi connectivity index (χ1) is 9.19. The van der Waals surface area contributed by atoms with Gasteiger partial charge in [0.05, 0.1) is 7.11 Å².